The summed E-state index contributed by atoms with van der Waals surface area (Å²) in [6.45, 7) is 4.36. The molecule has 3 heterocycles. The van der Waals surface area contributed by atoms with Crippen LogP contribution in [0.3, 0.4) is 0 Å². The zero-order valence-electron chi connectivity index (χ0n) is 38.1. The normalized spacial score (nSPS) is 11.3. The van der Waals surface area contributed by atoms with Crippen LogP contribution in [0.5, 0.6) is 0 Å². The Morgan fingerprint density at radius 3 is 1.14 bits per heavy atom. The average molecular weight is 885 g/mol. The van der Waals surface area contributed by atoms with E-state index >= 15 is 0 Å². The number of rotatable bonds is 9. The average Bonchev–Trinajstić information content (AvgIpc) is 3.74. The first kappa shape index (κ1) is 41.3. The van der Waals surface area contributed by atoms with Crippen LogP contribution in [0.1, 0.15) is 11.1 Å². The molecule has 326 valence electrons. The molecule has 0 unspecified atom stereocenters. The van der Waals surface area contributed by atoms with Crippen molar-refractivity contribution in [2.45, 2.75) is 13.8 Å². The van der Waals surface area contributed by atoms with Crippen molar-refractivity contribution >= 4 is 21.8 Å². The molecule has 0 atom stereocenters. The summed E-state index contributed by atoms with van der Waals surface area (Å²) in [5.74, 6) is 2.36. The fourth-order valence-electron chi connectivity index (χ4n) is 9.48. The van der Waals surface area contributed by atoms with Crippen molar-refractivity contribution in [3.05, 3.63) is 242 Å². The highest BCUT2D eigenvalue weighted by atomic mass is 15.1. The highest BCUT2D eigenvalue weighted by Gasteiger charge is 2.23. The van der Waals surface area contributed by atoms with Gasteiger partial charge < -0.3 is 4.57 Å². The molecule has 0 radical (unpaired) electrons. The second-order valence-electron chi connectivity index (χ2n) is 17.4. The summed E-state index contributed by atoms with van der Waals surface area (Å²) in [4.78, 5) is 26.2. The maximum Gasteiger partial charge on any atom is 0.166 e. The largest absolute Gasteiger partial charge is 0.308 e. The summed E-state index contributed by atoms with van der Waals surface area (Å²) >= 11 is 0. The molecule has 0 bridgehead atoms. The van der Waals surface area contributed by atoms with Crippen molar-refractivity contribution in [1.29, 1.82) is 0 Å². The van der Waals surface area contributed by atoms with Gasteiger partial charge in [0.15, 0.2) is 23.3 Å². The summed E-state index contributed by atoms with van der Waals surface area (Å²) in [6.07, 6.45) is 0. The topological polar surface area (TPSA) is 69.4 Å². The molecule has 12 rings (SSSR count). The predicted molar refractivity (Wildman–Crippen MR) is 283 cm³/mol. The first-order valence-corrected chi connectivity index (χ1v) is 23.2. The number of aryl methyl sites for hydroxylation is 2. The summed E-state index contributed by atoms with van der Waals surface area (Å²) in [5, 5.41) is 2.30. The Balaban J connectivity index is 1.16. The van der Waals surface area contributed by atoms with Crippen LogP contribution in [0, 0.1) is 13.8 Å². The van der Waals surface area contributed by atoms with Crippen LogP contribution in [0.4, 0.5) is 0 Å². The minimum atomic E-state index is 0.545. The highest BCUT2D eigenvalue weighted by Crippen LogP contribution is 2.42. The van der Waals surface area contributed by atoms with Gasteiger partial charge in [0.1, 0.15) is 0 Å². The fraction of sp³-hybridized carbons (Fsp3) is 0.0317. The van der Waals surface area contributed by atoms with E-state index in [0.717, 1.165) is 72.3 Å². The molecule has 0 saturated carbocycles. The standard InChI is InChI=1S/C63H44N6/c1-41-19-15-17-29-50(41)47-31-34-57-52(37-47)53-38-48(51-30-18-16-20-42(51)2)32-35-58(53)69(57)59-36-33-49(56-40-55(43-21-7-3-8-22-43)64-60(65-56)44-23-9-4-10-24-44)39-54(59)63-67-61(45-25-11-5-12-26-45)66-62(68-63)46-27-13-6-14-28-46/h3-40H,1-2H3. The Bertz CT molecular complexity index is 3630. The van der Waals surface area contributed by atoms with E-state index in [1.165, 1.54) is 33.4 Å². The lowest BCUT2D eigenvalue weighted by Gasteiger charge is -2.17. The molecule has 12 aromatic rings. The third kappa shape index (κ3) is 7.84. The molecule has 0 aliphatic rings. The van der Waals surface area contributed by atoms with E-state index in [9.17, 15) is 0 Å². The van der Waals surface area contributed by atoms with E-state index in [4.69, 9.17) is 24.9 Å². The number of aromatic nitrogens is 6. The smallest absolute Gasteiger partial charge is 0.166 e. The second-order valence-corrected chi connectivity index (χ2v) is 17.4. The maximum atomic E-state index is 5.35. The van der Waals surface area contributed by atoms with Crippen LogP contribution >= 0.6 is 0 Å². The first-order chi connectivity index (χ1) is 34.0. The molecule has 0 amide bonds. The molecule has 6 nitrogen and oxygen atoms in total. The van der Waals surface area contributed by atoms with Crippen molar-refractivity contribution in [2.75, 3.05) is 0 Å². The third-order valence-corrected chi connectivity index (χ3v) is 13.0. The SMILES string of the molecule is Cc1ccccc1-c1ccc2c(c1)c1cc(-c3ccccc3C)ccc1n2-c1ccc(-c2cc(-c3ccccc3)nc(-c3ccccc3)n2)cc1-c1nc(-c2ccccc2)nc(-c2ccccc2)n1. The van der Waals surface area contributed by atoms with E-state index in [-0.39, 0.29) is 0 Å². The minimum absolute atomic E-state index is 0.545. The third-order valence-electron chi connectivity index (χ3n) is 13.0. The quantitative estimate of drug-likeness (QED) is 0.144. The monoisotopic (exact) mass is 884 g/mol. The predicted octanol–water partition coefficient (Wildman–Crippen LogP) is 15.7. The van der Waals surface area contributed by atoms with Crippen molar-refractivity contribution in [1.82, 2.24) is 29.5 Å². The van der Waals surface area contributed by atoms with Gasteiger partial charge in [0.25, 0.3) is 0 Å². The summed E-state index contributed by atoms with van der Waals surface area (Å²) in [7, 11) is 0. The van der Waals surface area contributed by atoms with Gasteiger partial charge in [0, 0.05) is 44.2 Å². The number of benzene rings is 9. The summed E-state index contributed by atoms with van der Waals surface area (Å²) in [5.41, 5.74) is 17.4. The molecule has 0 aliphatic carbocycles. The molecule has 0 N–H and O–H groups in total. The van der Waals surface area contributed by atoms with E-state index in [2.05, 4.69) is 152 Å². The summed E-state index contributed by atoms with van der Waals surface area (Å²) < 4.78 is 2.38. The van der Waals surface area contributed by atoms with Crippen LogP contribution in [0.25, 0.3) is 118 Å². The van der Waals surface area contributed by atoms with Crippen LogP contribution in [-0.2, 0) is 0 Å². The Kier molecular flexibility index (Phi) is 10.5. The Morgan fingerprint density at radius 2 is 0.667 bits per heavy atom. The van der Waals surface area contributed by atoms with Crippen molar-refractivity contribution in [2.24, 2.45) is 0 Å². The van der Waals surface area contributed by atoms with Crippen molar-refractivity contribution in [3.8, 4) is 96.0 Å². The van der Waals surface area contributed by atoms with Gasteiger partial charge in [-0.1, -0.05) is 188 Å². The van der Waals surface area contributed by atoms with Gasteiger partial charge in [0.2, 0.25) is 0 Å². The molecule has 69 heavy (non-hydrogen) atoms. The van der Waals surface area contributed by atoms with E-state index < -0.39 is 0 Å². The maximum absolute atomic E-state index is 5.35. The van der Waals surface area contributed by atoms with Crippen LogP contribution in [0.15, 0.2) is 231 Å². The Labute approximate surface area is 401 Å². The molecular weight excluding hydrogens is 841 g/mol. The van der Waals surface area contributed by atoms with E-state index in [1.807, 2.05) is 97.1 Å². The summed E-state index contributed by atoms with van der Waals surface area (Å²) in [6, 6.07) is 80.4. The van der Waals surface area contributed by atoms with E-state index in [0.29, 0.717) is 23.3 Å². The van der Waals surface area contributed by atoms with Crippen LogP contribution in [-0.4, -0.2) is 29.5 Å². The van der Waals surface area contributed by atoms with Crippen LogP contribution < -0.4 is 0 Å². The Hall–Kier alpha value is -9.13. The number of fused-ring (bicyclic) bond motifs is 3. The first-order valence-electron chi connectivity index (χ1n) is 23.2. The number of hydrogen-bond donors (Lipinski definition) is 0. The lowest BCUT2D eigenvalue weighted by Crippen LogP contribution is -2.04. The van der Waals surface area contributed by atoms with E-state index in [1.54, 1.807) is 0 Å². The van der Waals surface area contributed by atoms with Gasteiger partial charge in [-0.2, -0.15) is 0 Å². The lowest BCUT2D eigenvalue weighted by molar-refractivity contribution is 1.06. The molecule has 0 saturated heterocycles. The van der Waals surface area contributed by atoms with Gasteiger partial charge in [-0.15, -0.1) is 0 Å². The molecule has 0 spiro atoms. The van der Waals surface area contributed by atoms with Crippen molar-refractivity contribution in [3.63, 3.8) is 0 Å². The van der Waals surface area contributed by atoms with Crippen molar-refractivity contribution < 1.29 is 0 Å². The van der Waals surface area contributed by atoms with Gasteiger partial charge in [-0.3, -0.25) is 0 Å². The Morgan fingerprint density at radius 1 is 0.275 bits per heavy atom. The number of hydrogen-bond acceptors (Lipinski definition) is 5. The molecule has 0 fully saturated rings. The fourth-order valence-corrected chi connectivity index (χ4v) is 9.48. The van der Waals surface area contributed by atoms with Gasteiger partial charge >= 0.3 is 0 Å². The molecule has 9 aromatic carbocycles. The zero-order chi connectivity index (χ0) is 46.3. The molecule has 6 heteroatoms. The second kappa shape index (κ2) is 17.6. The minimum Gasteiger partial charge on any atom is -0.308 e. The van der Waals surface area contributed by atoms with Gasteiger partial charge in [0.05, 0.1) is 28.1 Å². The van der Waals surface area contributed by atoms with Gasteiger partial charge in [-0.05, 0) is 89.7 Å². The number of nitrogens with zero attached hydrogens (tertiary/aromatic N) is 6. The lowest BCUT2D eigenvalue weighted by atomic mass is 9.97. The highest BCUT2D eigenvalue weighted by molar-refractivity contribution is 6.12. The van der Waals surface area contributed by atoms with Gasteiger partial charge in [-0.25, -0.2) is 24.9 Å². The van der Waals surface area contributed by atoms with Crippen LogP contribution in [0.2, 0.25) is 0 Å². The molecule has 3 aromatic heterocycles. The molecule has 0 aliphatic heterocycles. The zero-order valence-corrected chi connectivity index (χ0v) is 38.1. The molecular formula is C63H44N6.